The number of ether oxygens (including phenoxy) is 1. The van der Waals surface area contributed by atoms with E-state index in [4.69, 9.17) is 22.1 Å². The van der Waals surface area contributed by atoms with Crippen LogP contribution in [0.3, 0.4) is 0 Å². The fraction of sp³-hybridized carbons (Fsp3) is 0.500. The third-order valence-corrected chi connectivity index (χ3v) is 1.84. The molecule has 0 amide bonds. The molecule has 0 aliphatic rings. The van der Waals surface area contributed by atoms with Crippen LogP contribution in [0.25, 0.3) is 0 Å². The quantitative estimate of drug-likeness (QED) is 0.742. The van der Waals surface area contributed by atoms with E-state index >= 15 is 0 Å². The molecule has 1 heterocycles. The van der Waals surface area contributed by atoms with Gasteiger partial charge in [0.15, 0.2) is 16.7 Å². The van der Waals surface area contributed by atoms with Crippen LogP contribution in [0.15, 0.2) is 0 Å². The number of nitrogens with two attached hydrogens (primary N) is 1. The van der Waals surface area contributed by atoms with Crippen molar-refractivity contribution in [1.29, 1.82) is 0 Å². The Morgan fingerprint density at radius 3 is 2.38 bits per heavy atom. The van der Waals surface area contributed by atoms with Gasteiger partial charge in [0, 0.05) is 5.92 Å². The number of nitrogen functional groups attached to an aromatic ring is 1. The molecule has 0 aliphatic carbocycles. The Hall–Kier alpha value is -1.03. The molecule has 0 aromatic carbocycles. The topological polar surface area (TPSA) is 61.0 Å². The van der Waals surface area contributed by atoms with Crippen molar-refractivity contribution in [3.05, 3.63) is 11.0 Å². The first-order valence-corrected chi connectivity index (χ1v) is 4.31. The second-order valence-electron chi connectivity index (χ2n) is 2.95. The van der Waals surface area contributed by atoms with E-state index in [1.165, 1.54) is 7.11 Å². The highest BCUT2D eigenvalue weighted by molar-refractivity contribution is 6.31. The average molecular weight is 202 g/mol. The SMILES string of the molecule is COc1c(N)nc(C(C)C)nc1Cl. The Labute approximate surface area is 82.1 Å². The largest absolute Gasteiger partial charge is 0.490 e. The molecule has 0 atom stereocenters. The third kappa shape index (κ3) is 2.01. The minimum absolute atomic E-state index is 0.200. The van der Waals surface area contributed by atoms with E-state index in [-0.39, 0.29) is 16.9 Å². The van der Waals surface area contributed by atoms with Gasteiger partial charge in [-0.2, -0.15) is 0 Å². The molecule has 72 valence electrons. The molecule has 1 aromatic heterocycles. The highest BCUT2D eigenvalue weighted by Gasteiger charge is 2.12. The maximum absolute atomic E-state index is 5.82. The summed E-state index contributed by atoms with van der Waals surface area (Å²) in [4.78, 5) is 8.12. The third-order valence-electron chi connectivity index (χ3n) is 1.59. The molecule has 1 aromatic rings. The second-order valence-corrected chi connectivity index (χ2v) is 3.30. The summed E-state index contributed by atoms with van der Waals surface area (Å²) in [5.74, 6) is 1.45. The lowest BCUT2D eigenvalue weighted by molar-refractivity contribution is 0.412. The summed E-state index contributed by atoms with van der Waals surface area (Å²) in [7, 11) is 1.48. The Kier molecular flexibility index (Phi) is 2.93. The zero-order chi connectivity index (χ0) is 10.0. The summed E-state index contributed by atoms with van der Waals surface area (Å²) in [5, 5.41) is 0.263. The summed E-state index contributed by atoms with van der Waals surface area (Å²) >= 11 is 5.82. The minimum Gasteiger partial charge on any atom is -0.490 e. The first kappa shape index (κ1) is 10.1. The molecule has 0 fully saturated rings. The normalized spacial score (nSPS) is 10.5. The maximum Gasteiger partial charge on any atom is 0.198 e. The summed E-state index contributed by atoms with van der Waals surface area (Å²) in [6.07, 6.45) is 0. The van der Waals surface area contributed by atoms with Crippen molar-refractivity contribution < 1.29 is 4.74 Å². The Balaban J connectivity index is 3.20. The standard InChI is InChI=1S/C8H12ClN3O/c1-4(2)8-11-6(9)5(13-3)7(10)12-8/h4H,1-3H3,(H2,10,11,12). The molecule has 4 nitrogen and oxygen atoms in total. The van der Waals surface area contributed by atoms with Crippen molar-refractivity contribution >= 4 is 17.4 Å². The van der Waals surface area contributed by atoms with Crippen LogP contribution in [0.1, 0.15) is 25.6 Å². The number of hydrogen-bond acceptors (Lipinski definition) is 4. The number of aromatic nitrogens is 2. The van der Waals surface area contributed by atoms with E-state index in [9.17, 15) is 0 Å². The lowest BCUT2D eigenvalue weighted by Gasteiger charge is -2.09. The molecular weight excluding hydrogens is 190 g/mol. The van der Waals surface area contributed by atoms with Crippen LogP contribution in [0, 0.1) is 0 Å². The molecule has 0 spiro atoms. The van der Waals surface area contributed by atoms with Gasteiger partial charge in [0.25, 0.3) is 0 Å². The number of anilines is 1. The summed E-state index contributed by atoms with van der Waals surface area (Å²) < 4.78 is 4.93. The van der Waals surface area contributed by atoms with Crippen LogP contribution < -0.4 is 10.5 Å². The van der Waals surface area contributed by atoms with Crippen LogP contribution in [0.4, 0.5) is 5.82 Å². The van der Waals surface area contributed by atoms with Gasteiger partial charge >= 0.3 is 0 Å². The van der Waals surface area contributed by atoms with E-state index in [0.29, 0.717) is 11.6 Å². The smallest absolute Gasteiger partial charge is 0.198 e. The van der Waals surface area contributed by atoms with Crippen LogP contribution in [-0.2, 0) is 0 Å². The number of methoxy groups -OCH3 is 1. The van der Waals surface area contributed by atoms with Crippen molar-refractivity contribution in [3.8, 4) is 5.75 Å². The van der Waals surface area contributed by atoms with Crippen molar-refractivity contribution in [2.75, 3.05) is 12.8 Å². The molecule has 0 saturated heterocycles. The molecule has 5 heteroatoms. The zero-order valence-electron chi connectivity index (χ0n) is 7.84. The molecule has 13 heavy (non-hydrogen) atoms. The summed E-state index contributed by atoms with van der Waals surface area (Å²) in [5.41, 5.74) is 5.61. The molecule has 0 radical (unpaired) electrons. The van der Waals surface area contributed by atoms with Crippen LogP contribution in [0.5, 0.6) is 5.75 Å². The van der Waals surface area contributed by atoms with Gasteiger partial charge in [0.2, 0.25) is 0 Å². The molecule has 2 N–H and O–H groups in total. The van der Waals surface area contributed by atoms with Crippen LogP contribution in [-0.4, -0.2) is 17.1 Å². The van der Waals surface area contributed by atoms with Crippen LogP contribution in [0.2, 0.25) is 5.15 Å². The second kappa shape index (κ2) is 3.79. The Bertz CT molecular complexity index is 291. The molecule has 0 unspecified atom stereocenters. The van der Waals surface area contributed by atoms with Crippen molar-refractivity contribution in [3.63, 3.8) is 0 Å². The maximum atomic E-state index is 5.82. The predicted octanol–water partition coefficient (Wildman–Crippen LogP) is 1.84. The summed E-state index contributed by atoms with van der Waals surface area (Å²) in [6, 6.07) is 0. The van der Waals surface area contributed by atoms with Gasteiger partial charge < -0.3 is 10.5 Å². The van der Waals surface area contributed by atoms with Gasteiger partial charge in [0.05, 0.1) is 7.11 Å². The lowest BCUT2D eigenvalue weighted by Crippen LogP contribution is -2.04. The van der Waals surface area contributed by atoms with Gasteiger partial charge in [-0.15, -0.1) is 0 Å². The van der Waals surface area contributed by atoms with Crippen molar-refractivity contribution in [1.82, 2.24) is 9.97 Å². The van der Waals surface area contributed by atoms with E-state index in [1.54, 1.807) is 0 Å². The molecule has 0 aliphatic heterocycles. The van der Waals surface area contributed by atoms with Gasteiger partial charge in [-0.3, -0.25) is 0 Å². The first-order chi connectivity index (χ1) is 6.06. The monoisotopic (exact) mass is 201 g/mol. The van der Waals surface area contributed by atoms with Crippen molar-refractivity contribution in [2.24, 2.45) is 0 Å². The highest BCUT2D eigenvalue weighted by Crippen LogP contribution is 2.28. The fourth-order valence-corrected chi connectivity index (χ4v) is 1.16. The van der Waals surface area contributed by atoms with Crippen LogP contribution >= 0.6 is 11.6 Å². The van der Waals surface area contributed by atoms with E-state index in [2.05, 4.69) is 9.97 Å². The van der Waals surface area contributed by atoms with E-state index in [1.807, 2.05) is 13.8 Å². The molecule has 0 saturated carbocycles. The minimum atomic E-state index is 0.200. The molecular formula is C8H12ClN3O. The summed E-state index contributed by atoms with van der Waals surface area (Å²) in [6.45, 7) is 3.94. The average Bonchev–Trinajstić information content (AvgIpc) is 2.03. The number of rotatable bonds is 2. The first-order valence-electron chi connectivity index (χ1n) is 3.93. The zero-order valence-corrected chi connectivity index (χ0v) is 8.59. The number of hydrogen-bond donors (Lipinski definition) is 1. The van der Waals surface area contributed by atoms with Gasteiger partial charge in [-0.25, -0.2) is 9.97 Å². The molecule has 0 bridgehead atoms. The molecule has 1 rings (SSSR count). The number of nitrogens with zero attached hydrogens (tertiary/aromatic N) is 2. The van der Waals surface area contributed by atoms with E-state index in [0.717, 1.165) is 0 Å². The highest BCUT2D eigenvalue weighted by atomic mass is 35.5. The van der Waals surface area contributed by atoms with Gasteiger partial charge in [-0.1, -0.05) is 25.4 Å². The Morgan fingerprint density at radius 1 is 1.38 bits per heavy atom. The Morgan fingerprint density at radius 2 is 2.00 bits per heavy atom. The lowest BCUT2D eigenvalue weighted by atomic mass is 10.2. The predicted molar refractivity (Wildman–Crippen MR) is 52.1 cm³/mol. The number of halogens is 1. The van der Waals surface area contributed by atoms with Gasteiger partial charge in [-0.05, 0) is 0 Å². The van der Waals surface area contributed by atoms with Gasteiger partial charge in [0.1, 0.15) is 5.82 Å². The fourth-order valence-electron chi connectivity index (χ4n) is 0.903. The van der Waals surface area contributed by atoms with E-state index < -0.39 is 0 Å². The van der Waals surface area contributed by atoms with Crippen molar-refractivity contribution in [2.45, 2.75) is 19.8 Å².